The second kappa shape index (κ2) is 9.37. The molecule has 24 heavy (non-hydrogen) atoms. The summed E-state index contributed by atoms with van der Waals surface area (Å²) < 4.78 is 1.08. The lowest BCUT2D eigenvalue weighted by atomic mass is 10.1. The number of carbonyl (C=O) groups excluding carboxylic acids is 2. The summed E-state index contributed by atoms with van der Waals surface area (Å²) in [5.41, 5.74) is 0.918. The molecule has 0 aliphatic carbocycles. The van der Waals surface area contributed by atoms with Crippen LogP contribution < -0.4 is 10.6 Å². The van der Waals surface area contributed by atoms with Crippen LogP contribution in [0.3, 0.4) is 0 Å². The number of rotatable bonds is 9. The third kappa shape index (κ3) is 5.92. The minimum Gasteiger partial charge on any atom is -0.356 e. The van der Waals surface area contributed by atoms with Gasteiger partial charge in [-0.05, 0) is 25.0 Å². The van der Waals surface area contributed by atoms with Crippen LogP contribution in [0.15, 0.2) is 24.3 Å². The molecule has 0 atom stereocenters. The summed E-state index contributed by atoms with van der Waals surface area (Å²) in [6, 6.07) is 7.85. The summed E-state index contributed by atoms with van der Waals surface area (Å²) in [6.07, 6.45) is 4.33. The number of aromatic nitrogens is 1. The first kappa shape index (κ1) is 18.4. The van der Waals surface area contributed by atoms with Gasteiger partial charge in [-0.3, -0.25) is 9.59 Å². The van der Waals surface area contributed by atoms with Crippen molar-refractivity contribution in [1.29, 1.82) is 0 Å². The second-order valence-corrected chi connectivity index (χ2v) is 7.18. The monoisotopic (exact) mass is 347 g/mol. The number of amides is 2. The van der Waals surface area contributed by atoms with E-state index in [-0.39, 0.29) is 17.7 Å². The lowest BCUT2D eigenvalue weighted by Crippen LogP contribution is -2.28. The van der Waals surface area contributed by atoms with Gasteiger partial charge in [0.05, 0.1) is 10.2 Å². The van der Waals surface area contributed by atoms with Crippen LogP contribution >= 0.6 is 11.3 Å². The number of benzene rings is 1. The number of para-hydroxylation sites is 1. The third-order valence-corrected chi connectivity index (χ3v) is 4.65. The molecule has 0 unspecified atom stereocenters. The Morgan fingerprint density at radius 1 is 1.12 bits per heavy atom. The fraction of sp³-hybridized carbons (Fsp3) is 0.500. The predicted octanol–water partition coefficient (Wildman–Crippen LogP) is 3.96. The number of fused-ring (bicyclic) bond motifs is 1. The Morgan fingerprint density at radius 2 is 1.88 bits per heavy atom. The van der Waals surface area contributed by atoms with E-state index in [0.717, 1.165) is 42.4 Å². The molecular formula is C18H25N3O2S. The van der Waals surface area contributed by atoms with Crippen molar-refractivity contribution < 1.29 is 9.59 Å². The molecule has 5 nitrogen and oxygen atoms in total. The van der Waals surface area contributed by atoms with E-state index in [1.807, 2.05) is 38.1 Å². The van der Waals surface area contributed by atoms with Crippen LogP contribution in [0.5, 0.6) is 0 Å². The number of anilines is 1. The lowest BCUT2D eigenvalue weighted by molar-refractivity contribution is -0.124. The van der Waals surface area contributed by atoms with Crippen LogP contribution in [0.25, 0.3) is 10.2 Å². The standard InChI is InChI=1S/C18H25N3O2S/c1-13(2)17(23)19-12-8-4-3-5-11-16(22)21-18-20-14-9-6-7-10-15(14)24-18/h6-7,9-10,13H,3-5,8,11-12H2,1-2H3,(H,19,23)(H,20,21,22). The van der Waals surface area contributed by atoms with E-state index in [4.69, 9.17) is 0 Å². The van der Waals surface area contributed by atoms with Crippen molar-refractivity contribution in [3.05, 3.63) is 24.3 Å². The highest BCUT2D eigenvalue weighted by atomic mass is 32.1. The lowest BCUT2D eigenvalue weighted by Gasteiger charge is -2.07. The summed E-state index contributed by atoms with van der Waals surface area (Å²) in [6.45, 7) is 4.49. The molecule has 0 aliphatic rings. The van der Waals surface area contributed by atoms with Crippen LogP contribution in [-0.2, 0) is 9.59 Å². The van der Waals surface area contributed by atoms with Crippen LogP contribution in [0.2, 0.25) is 0 Å². The third-order valence-electron chi connectivity index (χ3n) is 3.69. The highest BCUT2D eigenvalue weighted by Gasteiger charge is 2.07. The maximum absolute atomic E-state index is 11.9. The van der Waals surface area contributed by atoms with E-state index in [2.05, 4.69) is 15.6 Å². The maximum atomic E-state index is 11.9. The Bertz CT molecular complexity index is 649. The predicted molar refractivity (Wildman–Crippen MR) is 99.2 cm³/mol. The summed E-state index contributed by atoms with van der Waals surface area (Å²) in [7, 11) is 0. The Balaban J connectivity index is 1.57. The van der Waals surface area contributed by atoms with Gasteiger partial charge in [0, 0.05) is 18.9 Å². The molecule has 0 radical (unpaired) electrons. The van der Waals surface area contributed by atoms with Gasteiger partial charge in [-0.15, -0.1) is 0 Å². The van der Waals surface area contributed by atoms with Gasteiger partial charge < -0.3 is 10.6 Å². The molecule has 1 heterocycles. The number of unbranched alkanes of at least 4 members (excludes halogenated alkanes) is 3. The Labute approximate surface area is 146 Å². The molecule has 2 N–H and O–H groups in total. The quantitative estimate of drug-likeness (QED) is 0.675. The van der Waals surface area contributed by atoms with E-state index in [0.29, 0.717) is 11.6 Å². The molecule has 2 aromatic rings. The largest absolute Gasteiger partial charge is 0.356 e. The molecule has 0 spiro atoms. The fourth-order valence-electron chi connectivity index (χ4n) is 2.29. The van der Waals surface area contributed by atoms with Gasteiger partial charge in [-0.2, -0.15) is 0 Å². The molecule has 0 saturated heterocycles. The topological polar surface area (TPSA) is 71.1 Å². The highest BCUT2D eigenvalue weighted by Crippen LogP contribution is 2.25. The normalized spacial score (nSPS) is 11.0. The van der Waals surface area contributed by atoms with E-state index in [1.165, 1.54) is 11.3 Å². The van der Waals surface area contributed by atoms with Crippen LogP contribution in [0, 0.1) is 5.92 Å². The SMILES string of the molecule is CC(C)C(=O)NCCCCCCC(=O)Nc1nc2ccccc2s1. The van der Waals surface area contributed by atoms with Crippen LogP contribution in [0.4, 0.5) is 5.13 Å². The molecule has 130 valence electrons. The summed E-state index contributed by atoms with van der Waals surface area (Å²) in [5.74, 6) is 0.156. The van der Waals surface area contributed by atoms with E-state index in [9.17, 15) is 9.59 Å². The smallest absolute Gasteiger partial charge is 0.226 e. The Morgan fingerprint density at radius 3 is 2.62 bits per heavy atom. The van der Waals surface area contributed by atoms with Crippen molar-refractivity contribution in [2.24, 2.45) is 5.92 Å². The molecule has 0 fully saturated rings. The van der Waals surface area contributed by atoms with Gasteiger partial charge in [0.2, 0.25) is 11.8 Å². The van der Waals surface area contributed by atoms with E-state index < -0.39 is 0 Å². The summed E-state index contributed by atoms with van der Waals surface area (Å²) >= 11 is 1.50. The number of carbonyl (C=O) groups is 2. The minimum absolute atomic E-state index is 0.0159. The number of nitrogens with one attached hydrogen (secondary N) is 2. The van der Waals surface area contributed by atoms with Gasteiger partial charge in [-0.1, -0.05) is 50.2 Å². The molecule has 1 aromatic carbocycles. The average molecular weight is 347 g/mol. The molecular weight excluding hydrogens is 322 g/mol. The number of nitrogens with zero attached hydrogens (tertiary/aromatic N) is 1. The first-order valence-corrected chi connectivity index (χ1v) is 9.31. The number of hydrogen-bond donors (Lipinski definition) is 2. The zero-order valence-electron chi connectivity index (χ0n) is 14.3. The van der Waals surface area contributed by atoms with Crippen molar-refractivity contribution >= 4 is 38.5 Å². The zero-order valence-corrected chi connectivity index (χ0v) is 15.1. The van der Waals surface area contributed by atoms with Crippen molar-refractivity contribution in [2.45, 2.75) is 46.0 Å². The van der Waals surface area contributed by atoms with Crippen LogP contribution in [0.1, 0.15) is 46.0 Å². The minimum atomic E-state index is 0.0159. The van der Waals surface area contributed by atoms with Gasteiger partial charge >= 0.3 is 0 Å². The van der Waals surface area contributed by atoms with Gasteiger partial charge in [-0.25, -0.2) is 4.98 Å². The van der Waals surface area contributed by atoms with Crippen molar-refractivity contribution in [3.63, 3.8) is 0 Å². The first-order valence-electron chi connectivity index (χ1n) is 8.49. The van der Waals surface area contributed by atoms with E-state index >= 15 is 0 Å². The highest BCUT2D eigenvalue weighted by molar-refractivity contribution is 7.22. The summed E-state index contributed by atoms with van der Waals surface area (Å²) in [4.78, 5) is 27.7. The molecule has 0 saturated carbocycles. The Hall–Kier alpha value is -1.95. The van der Waals surface area contributed by atoms with Crippen molar-refractivity contribution in [3.8, 4) is 0 Å². The van der Waals surface area contributed by atoms with Crippen molar-refractivity contribution in [1.82, 2.24) is 10.3 Å². The molecule has 2 rings (SSSR count). The van der Waals surface area contributed by atoms with Crippen LogP contribution in [-0.4, -0.2) is 23.3 Å². The summed E-state index contributed by atoms with van der Waals surface area (Å²) in [5, 5.41) is 6.44. The number of hydrogen-bond acceptors (Lipinski definition) is 4. The molecule has 1 aromatic heterocycles. The van der Waals surface area contributed by atoms with Gasteiger partial charge in [0.1, 0.15) is 0 Å². The number of thiazole rings is 1. The van der Waals surface area contributed by atoms with Gasteiger partial charge in [0.25, 0.3) is 0 Å². The molecule has 0 aliphatic heterocycles. The average Bonchev–Trinajstić information content (AvgIpc) is 2.95. The fourth-order valence-corrected chi connectivity index (χ4v) is 3.17. The Kier molecular flexibility index (Phi) is 7.18. The van der Waals surface area contributed by atoms with Gasteiger partial charge in [0.15, 0.2) is 5.13 Å². The van der Waals surface area contributed by atoms with Crippen molar-refractivity contribution in [2.75, 3.05) is 11.9 Å². The second-order valence-electron chi connectivity index (χ2n) is 6.14. The maximum Gasteiger partial charge on any atom is 0.226 e. The zero-order chi connectivity index (χ0) is 17.4. The molecule has 6 heteroatoms. The molecule has 2 amide bonds. The molecule has 0 bridgehead atoms. The first-order chi connectivity index (χ1) is 11.6. The van der Waals surface area contributed by atoms with E-state index in [1.54, 1.807) is 0 Å².